The topological polar surface area (TPSA) is 56.5 Å². The van der Waals surface area contributed by atoms with Crippen molar-refractivity contribution >= 4 is 11.4 Å². The van der Waals surface area contributed by atoms with E-state index in [0.29, 0.717) is 13.2 Å². The van der Waals surface area contributed by atoms with Crippen LogP contribution >= 0.6 is 0 Å². The van der Waals surface area contributed by atoms with Crippen LogP contribution in [0.5, 0.6) is 0 Å². The quantitative estimate of drug-likeness (QED) is 0.521. The van der Waals surface area contributed by atoms with Crippen LogP contribution in [0.2, 0.25) is 0 Å². The molecule has 0 spiro atoms. The number of nitrogen functional groups attached to an aromatic ring is 1. The molecule has 1 rings (SSSR count). The number of anilines is 2. The Morgan fingerprint density at radius 3 is 2.75 bits per heavy atom. The first-order chi connectivity index (χ1) is 7.84. The van der Waals surface area contributed by atoms with E-state index in [2.05, 4.69) is 5.32 Å². The van der Waals surface area contributed by atoms with Gasteiger partial charge in [0.05, 0.1) is 24.6 Å². The van der Waals surface area contributed by atoms with Crippen LogP contribution in [0.1, 0.15) is 6.42 Å². The van der Waals surface area contributed by atoms with E-state index < -0.39 is 0 Å². The van der Waals surface area contributed by atoms with Gasteiger partial charge in [0, 0.05) is 20.3 Å². The summed E-state index contributed by atoms with van der Waals surface area (Å²) in [7, 11) is 1.67. The average Bonchev–Trinajstić information content (AvgIpc) is 2.30. The summed E-state index contributed by atoms with van der Waals surface area (Å²) in [5.74, 6) is 0. The Morgan fingerprint density at radius 2 is 2.00 bits per heavy atom. The molecule has 90 valence electrons. The molecule has 0 aliphatic heterocycles. The van der Waals surface area contributed by atoms with Gasteiger partial charge in [-0.2, -0.15) is 0 Å². The summed E-state index contributed by atoms with van der Waals surface area (Å²) < 4.78 is 10.2. The molecule has 3 N–H and O–H groups in total. The van der Waals surface area contributed by atoms with Crippen LogP contribution in [0.15, 0.2) is 24.3 Å². The third-order valence-electron chi connectivity index (χ3n) is 2.17. The summed E-state index contributed by atoms with van der Waals surface area (Å²) in [5, 5.41) is 3.27. The van der Waals surface area contributed by atoms with Crippen LogP contribution < -0.4 is 11.1 Å². The molecule has 16 heavy (non-hydrogen) atoms. The summed E-state index contributed by atoms with van der Waals surface area (Å²) in [6.45, 7) is 2.91. The van der Waals surface area contributed by atoms with E-state index in [-0.39, 0.29) is 0 Å². The third-order valence-corrected chi connectivity index (χ3v) is 2.17. The Kier molecular flexibility index (Phi) is 6.37. The molecule has 0 amide bonds. The van der Waals surface area contributed by atoms with E-state index in [1.54, 1.807) is 7.11 Å². The molecule has 1 aromatic carbocycles. The fourth-order valence-electron chi connectivity index (χ4n) is 1.30. The predicted molar refractivity (Wildman–Crippen MR) is 66.7 cm³/mol. The second-order valence-corrected chi connectivity index (χ2v) is 3.47. The number of rotatable bonds is 8. The largest absolute Gasteiger partial charge is 0.397 e. The maximum atomic E-state index is 5.79. The van der Waals surface area contributed by atoms with E-state index in [1.807, 2.05) is 24.3 Å². The molecule has 0 heterocycles. The van der Waals surface area contributed by atoms with E-state index in [9.17, 15) is 0 Å². The van der Waals surface area contributed by atoms with Crippen molar-refractivity contribution in [3.63, 3.8) is 0 Å². The van der Waals surface area contributed by atoms with Crippen molar-refractivity contribution in [3.05, 3.63) is 24.3 Å². The van der Waals surface area contributed by atoms with Crippen molar-refractivity contribution in [2.24, 2.45) is 0 Å². The van der Waals surface area contributed by atoms with E-state index in [1.165, 1.54) is 0 Å². The van der Waals surface area contributed by atoms with Crippen LogP contribution in [0, 0.1) is 0 Å². The van der Waals surface area contributed by atoms with Crippen LogP contribution in [0.4, 0.5) is 11.4 Å². The van der Waals surface area contributed by atoms with Crippen molar-refractivity contribution in [2.45, 2.75) is 6.42 Å². The van der Waals surface area contributed by atoms with Crippen molar-refractivity contribution in [1.29, 1.82) is 0 Å². The van der Waals surface area contributed by atoms with Gasteiger partial charge in [0.15, 0.2) is 0 Å². The van der Waals surface area contributed by atoms with Gasteiger partial charge in [-0.1, -0.05) is 12.1 Å². The summed E-state index contributed by atoms with van der Waals surface area (Å²) in [4.78, 5) is 0. The Bertz CT molecular complexity index is 292. The average molecular weight is 224 g/mol. The minimum atomic E-state index is 0.652. The molecule has 0 saturated carbocycles. The second kappa shape index (κ2) is 7.96. The fourth-order valence-corrected chi connectivity index (χ4v) is 1.30. The van der Waals surface area contributed by atoms with Gasteiger partial charge in [0.1, 0.15) is 0 Å². The molecule has 0 aliphatic rings. The molecule has 1 aromatic rings. The second-order valence-electron chi connectivity index (χ2n) is 3.47. The number of benzene rings is 1. The molecule has 0 aliphatic carbocycles. The van der Waals surface area contributed by atoms with Gasteiger partial charge in [-0.15, -0.1) is 0 Å². The first kappa shape index (κ1) is 12.8. The highest BCUT2D eigenvalue weighted by atomic mass is 16.5. The summed E-state index contributed by atoms with van der Waals surface area (Å²) in [5.41, 5.74) is 7.56. The highest BCUT2D eigenvalue weighted by Crippen LogP contribution is 2.16. The van der Waals surface area contributed by atoms with E-state index in [0.717, 1.165) is 30.9 Å². The summed E-state index contributed by atoms with van der Waals surface area (Å²) >= 11 is 0. The molecular weight excluding hydrogens is 204 g/mol. The van der Waals surface area contributed by atoms with Gasteiger partial charge in [-0.3, -0.25) is 0 Å². The third kappa shape index (κ3) is 5.00. The Labute approximate surface area is 96.7 Å². The Hall–Kier alpha value is -1.26. The highest BCUT2D eigenvalue weighted by Gasteiger charge is 1.95. The molecule has 4 nitrogen and oxygen atoms in total. The standard InChI is InChI=1S/C12H20N2O2/c1-15-9-10-16-8-4-7-14-12-6-3-2-5-11(12)13/h2-3,5-6,14H,4,7-10,13H2,1H3. The smallest absolute Gasteiger partial charge is 0.0700 e. The SMILES string of the molecule is COCCOCCCNc1ccccc1N. The molecule has 0 aromatic heterocycles. The number of methoxy groups -OCH3 is 1. The number of nitrogens with two attached hydrogens (primary N) is 1. The zero-order valence-corrected chi connectivity index (χ0v) is 9.74. The Balaban J connectivity index is 2.05. The summed E-state index contributed by atoms with van der Waals surface area (Å²) in [6, 6.07) is 7.75. The van der Waals surface area contributed by atoms with Gasteiger partial charge < -0.3 is 20.5 Å². The van der Waals surface area contributed by atoms with Gasteiger partial charge in [-0.05, 0) is 18.6 Å². The maximum Gasteiger partial charge on any atom is 0.0700 e. The normalized spacial score (nSPS) is 10.3. The monoisotopic (exact) mass is 224 g/mol. The number of hydrogen-bond acceptors (Lipinski definition) is 4. The van der Waals surface area contributed by atoms with Gasteiger partial charge >= 0.3 is 0 Å². The lowest BCUT2D eigenvalue weighted by Crippen LogP contribution is -2.09. The van der Waals surface area contributed by atoms with Gasteiger partial charge in [0.2, 0.25) is 0 Å². The number of hydrogen-bond donors (Lipinski definition) is 2. The van der Waals surface area contributed by atoms with Crippen molar-refractivity contribution < 1.29 is 9.47 Å². The maximum absolute atomic E-state index is 5.79. The zero-order chi connectivity index (χ0) is 11.6. The van der Waals surface area contributed by atoms with Crippen LogP contribution in [-0.2, 0) is 9.47 Å². The molecule has 0 unspecified atom stereocenters. The lowest BCUT2D eigenvalue weighted by atomic mass is 10.2. The summed E-state index contributed by atoms with van der Waals surface area (Å²) in [6.07, 6.45) is 0.956. The van der Waals surface area contributed by atoms with Gasteiger partial charge in [-0.25, -0.2) is 0 Å². The minimum Gasteiger partial charge on any atom is -0.397 e. The predicted octanol–water partition coefficient (Wildman–Crippen LogP) is 1.73. The van der Waals surface area contributed by atoms with Crippen molar-refractivity contribution in [2.75, 3.05) is 44.5 Å². The van der Waals surface area contributed by atoms with Crippen molar-refractivity contribution in [1.82, 2.24) is 0 Å². The minimum absolute atomic E-state index is 0.652. The van der Waals surface area contributed by atoms with Gasteiger partial charge in [0.25, 0.3) is 0 Å². The van der Waals surface area contributed by atoms with Crippen LogP contribution in [-0.4, -0.2) is 33.5 Å². The van der Waals surface area contributed by atoms with Crippen LogP contribution in [0.25, 0.3) is 0 Å². The molecule has 0 radical (unpaired) electrons. The fraction of sp³-hybridized carbons (Fsp3) is 0.500. The number of para-hydroxylation sites is 2. The van der Waals surface area contributed by atoms with E-state index in [4.69, 9.17) is 15.2 Å². The zero-order valence-electron chi connectivity index (χ0n) is 9.74. The lowest BCUT2D eigenvalue weighted by molar-refractivity contribution is 0.0705. The van der Waals surface area contributed by atoms with Crippen LogP contribution in [0.3, 0.4) is 0 Å². The molecular formula is C12H20N2O2. The molecule has 4 heteroatoms. The van der Waals surface area contributed by atoms with Crippen molar-refractivity contribution in [3.8, 4) is 0 Å². The molecule has 0 fully saturated rings. The number of ether oxygens (including phenoxy) is 2. The number of nitrogens with one attached hydrogen (secondary N) is 1. The highest BCUT2D eigenvalue weighted by molar-refractivity contribution is 5.65. The molecule has 0 bridgehead atoms. The Morgan fingerprint density at radius 1 is 1.19 bits per heavy atom. The lowest BCUT2D eigenvalue weighted by Gasteiger charge is -2.08. The molecule has 0 saturated heterocycles. The van der Waals surface area contributed by atoms with E-state index >= 15 is 0 Å². The molecule has 0 atom stereocenters. The first-order valence-electron chi connectivity index (χ1n) is 5.49. The first-order valence-corrected chi connectivity index (χ1v) is 5.49.